The maximum absolute atomic E-state index is 15.0. The molecule has 1 N–H and O–H groups in total. The number of fused-ring (bicyclic) bond motifs is 2. The Morgan fingerprint density at radius 2 is 1.95 bits per heavy atom. The number of nitrogens with zero attached hydrogens (tertiary/aromatic N) is 5. The van der Waals surface area contributed by atoms with E-state index in [0.717, 1.165) is 49.8 Å². The van der Waals surface area contributed by atoms with Gasteiger partial charge in [-0.2, -0.15) is 0 Å². The van der Waals surface area contributed by atoms with Crippen molar-refractivity contribution in [3.05, 3.63) is 52.4 Å². The highest BCUT2D eigenvalue weighted by atomic mass is 32.1. The summed E-state index contributed by atoms with van der Waals surface area (Å²) in [6, 6.07) is 5.71. The molecule has 1 saturated carbocycles. The molecule has 3 aliphatic rings. The lowest BCUT2D eigenvalue weighted by molar-refractivity contribution is -0.122. The highest BCUT2D eigenvalue weighted by molar-refractivity contribution is 7.16. The highest BCUT2D eigenvalue weighted by Gasteiger charge is 2.46. The molecule has 3 aromatic heterocycles. The second-order valence-corrected chi connectivity index (χ2v) is 12.0. The molecule has 0 bridgehead atoms. The van der Waals surface area contributed by atoms with Crippen molar-refractivity contribution in [2.24, 2.45) is 0 Å². The lowest BCUT2D eigenvalue weighted by atomic mass is 9.69. The van der Waals surface area contributed by atoms with E-state index < -0.39 is 11.2 Å². The lowest BCUT2D eigenvalue weighted by Gasteiger charge is -2.42. The number of likely N-dealkylation sites (N-methyl/N-ethyl adjacent to an activating group) is 1. The number of likely N-dealkylation sites (tertiary alicyclic amines) is 1. The fourth-order valence-corrected chi connectivity index (χ4v) is 7.50. The quantitative estimate of drug-likeness (QED) is 0.516. The Morgan fingerprint density at radius 1 is 1.13 bits per heavy atom. The van der Waals surface area contributed by atoms with Gasteiger partial charge < -0.3 is 15.1 Å². The number of thiophene rings is 1. The van der Waals surface area contributed by atoms with Crippen LogP contribution >= 0.6 is 11.3 Å². The minimum absolute atomic E-state index is 0.104. The number of carbonyl (C=O) groups is 2. The first-order valence-electron chi connectivity index (χ1n) is 13.2. The summed E-state index contributed by atoms with van der Waals surface area (Å²) in [7, 11) is 3.91. The number of carbonyl (C=O) groups excluding carboxylic acids is 2. The van der Waals surface area contributed by atoms with Gasteiger partial charge in [-0.3, -0.25) is 9.59 Å². The Morgan fingerprint density at radius 3 is 2.68 bits per heavy atom. The molecule has 198 valence electrons. The summed E-state index contributed by atoms with van der Waals surface area (Å²) in [5.41, 5.74) is 1.50. The van der Waals surface area contributed by atoms with Crippen molar-refractivity contribution in [3.63, 3.8) is 0 Å². The molecule has 2 aliphatic heterocycles. The average molecular weight is 535 g/mol. The molecule has 0 radical (unpaired) electrons. The summed E-state index contributed by atoms with van der Waals surface area (Å²) in [6.07, 6.45) is 7.90. The average Bonchev–Trinajstić information content (AvgIpc) is 3.36. The van der Waals surface area contributed by atoms with Crippen LogP contribution in [0.3, 0.4) is 0 Å². The molecular weight excluding hydrogens is 503 g/mol. The van der Waals surface area contributed by atoms with Crippen LogP contribution in [0.25, 0.3) is 10.6 Å². The molecule has 2 fully saturated rings. The van der Waals surface area contributed by atoms with E-state index >= 15 is 0 Å². The topological polar surface area (TPSA) is 91.3 Å². The zero-order valence-electron chi connectivity index (χ0n) is 21.7. The molecule has 1 amide bonds. The van der Waals surface area contributed by atoms with Gasteiger partial charge in [-0.15, -0.1) is 11.3 Å². The second-order valence-electron chi connectivity index (χ2n) is 10.9. The maximum atomic E-state index is 15.0. The van der Waals surface area contributed by atoms with Crippen LogP contribution in [0.15, 0.2) is 30.6 Å². The summed E-state index contributed by atoms with van der Waals surface area (Å²) in [5.74, 6) is 0.881. The number of hydrogen-bond donors (Lipinski definition) is 1. The van der Waals surface area contributed by atoms with Crippen molar-refractivity contribution in [1.29, 1.82) is 0 Å². The van der Waals surface area contributed by atoms with Gasteiger partial charge in [0.15, 0.2) is 5.82 Å². The molecule has 10 heteroatoms. The third-order valence-corrected chi connectivity index (χ3v) is 9.56. The minimum Gasteiger partial charge on any atom is -0.341 e. The van der Waals surface area contributed by atoms with Crippen molar-refractivity contribution in [1.82, 2.24) is 24.8 Å². The highest BCUT2D eigenvalue weighted by Crippen LogP contribution is 2.48. The number of piperidine rings is 1. The van der Waals surface area contributed by atoms with Gasteiger partial charge in [0.1, 0.15) is 17.3 Å². The van der Waals surface area contributed by atoms with Gasteiger partial charge >= 0.3 is 0 Å². The number of Topliss-reactive ketones (excluding diaryl/α,β-unsaturated/α-hetero) is 1. The van der Waals surface area contributed by atoms with Crippen molar-refractivity contribution < 1.29 is 14.0 Å². The number of aromatic nitrogens is 3. The largest absolute Gasteiger partial charge is 0.341 e. The molecule has 1 spiro atoms. The standard InChI is InChI=1S/C28H31FN6O2S/c1-34-10-7-17(8-11-34)18-5-6-23(30-14-18)32-27-31-15-21(29)24(33-27)22-12-20-25(38-22)28(16-35(2)26(20)37)9-3-4-19(36)13-28/h5-6,12,14-15,17H,3-4,7-11,13,16H2,1-2H3,(H,30,31,32,33). The molecule has 0 aromatic carbocycles. The number of rotatable bonds is 4. The third kappa shape index (κ3) is 4.60. The van der Waals surface area contributed by atoms with Crippen molar-refractivity contribution in [2.75, 3.05) is 39.0 Å². The summed E-state index contributed by atoms with van der Waals surface area (Å²) in [5, 5.41) is 3.10. The number of nitrogens with one attached hydrogen (secondary N) is 1. The molecule has 1 saturated heterocycles. The first kappa shape index (κ1) is 25.1. The zero-order valence-corrected chi connectivity index (χ0v) is 22.5. The van der Waals surface area contributed by atoms with Crippen LogP contribution in [0.1, 0.15) is 65.2 Å². The van der Waals surface area contributed by atoms with Crippen LogP contribution in [-0.2, 0) is 10.2 Å². The van der Waals surface area contributed by atoms with Crippen molar-refractivity contribution in [3.8, 4) is 10.6 Å². The first-order valence-corrected chi connectivity index (χ1v) is 14.0. The predicted molar refractivity (Wildman–Crippen MR) is 144 cm³/mol. The monoisotopic (exact) mass is 534 g/mol. The molecule has 3 aromatic rings. The fraction of sp³-hybridized carbons (Fsp3) is 0.464. The Bertz CT molecular complexity index is 1380. The van der Waals surface area contributed by atoms with E-state index in [4.69, 9.17) is 0 Å². The smallest absolute Gasteiger partial charge is 0.254 e. The molecule has 38 heavy (non-hydrogen) atoms. The Kier molecular flexibility index (Phi) is 6.47. The zero-order chi connectivity index (χ0) is 26.4. The predicted octanol–water partition coefficient (Wildman–Crippen LogP) is 4.76. The number of anilines is 2. The fourth-order valence-electron chi connectivity index (χ4n) is 6.15. The second kappa shape index (κ2) is 9.81. The number of amides is 1. The summed E-state index contributed by atoms with van der Waals surface area (Å²) < 4.78 is 15.0. The Labute approximate surface area is 225 Å². The third-order valence-electron chi connectivity index (χ3n) is 8.17. The van der Waals surface area contributed by atoms with Gasteiger partial charge in [-0.1, -0.05) is 6.07 Å². The lowest BCUT2D eigenvalue weighted by Crippen LogP contribution is -2.49. The Hall–Kier alpha value is -3.24. The van der Waals surface area contributed by atoms with E-state index in [1.807, 2.05) is 12.3 Å². The number of pyridine rings is 1. The first-order chi connectivity index (χ1) is 18.3. The molecule has 8 nitrogen and oxygen atoms in total. The van der Waals surface area contributed by atoms with Gasteiger partial charge in [0.2, 0.25) is 5.95 Å². The maximum Gasteiger partial charge on any atom is 0.254 e. The summed E-state index contributed by atoms with van der Waals surface area (Å²) >= 11 is 1.37. The van der Waals surface area contributed by atoms with E-state index in [2.05, 4.69) is 38.3 Å². The molecule has 5 heterocycles. The normalized spacial score (nSPS) is 22.7. The van der Waals surface area contributed by atoms with Gasteiger partial charge in [0.05, 0.1) is 16.6 Å². The van der Waals surface area contributed by atoms with Gasteiger partial charge in [0.25, 0.3) is 5.91 Å². The Balaban J connectivity index is 1.27. The van der Waals surface area contributed by atoms with E-state index in [1.165, 1.54) is 16.9 Å². The summed E-state index contributed by atoms with van der Waals surface area (Å²) in [6.45, 7) is 2.67. The minimum atomic E-state index is -0.561. The van der Waals surface area contributed by atoms with Crippen LogP contribution < -0.4 is 5.32 Å². The van der Waals surface area contributed by atoms with Crippen LogP contribution in [-0.4, -0.2) is 70.2 Å². The van der Waals surface area contributed by atoms with Crippen LogP contribution in [0.2, 0.25) is 0 Å². The molecule has 1 atom stereocenters. The van der Waals surface area contributed by atoms with E-state index in [0.29, 0.717) is 41.6 Å². The van der Waals surface area contributed by atoms with Crippen molar-refractivity contribution in [2.45, 2.75) is 49.9 Å². The van der Waals surface area contributed by atoms with E-state index in [-0.39, 0.29) is 23.3 Å². The molecular formula is C28H31FN6O2S. The van der Waals surface area contributed by atoms with Gasteiger partial charge in [0, 0.05) is 42.9 Å². The SMILES string of the molecule is CN1CCC(c2ccc(Nc3ncc(F)c(-c4cc5c(s4)C4(CCCC(=O)C4)CN(C)C5=O)n3)nc2)CC1. The van der Waals surface area contributed by atoms with E-state index in [1.54, 1.807) is 18.0 Å². The number of halogens is 1. The van der Waals surface area contributed by atoms with Crippen molar-refractivity contribution >= 4 is 34.8 Å². The van der Waals surface area contributed by atoms with Crippen LogP contribution in [0.5, 0.6) is 0 Å². The van der Waals surface area contributed by atoms with E-state index in [9.17, 15) is 14.0 Å². The van der Waals surface area contributed by atoms with Gasteiger partial charge in [-0.05, 0) is 69.4 Å². The number of hydrogen-bond acceptors (Lipinski definition) is 8. The van der Waals surface area contributed by atoms with Gasteiger partial charge in [-0.25, -0.2) is 19.3 Å². The molecule has 1 aliphatic carbocycles. The van der Waals surface area contributed by atoms with Crippen LogP contribution in [0, 0.1) is 5.82 Å². The molecule has 6 rings (SSSR count). The number of ketones is 1. The summed E-state index contributed by atoms with van der Waals surface area (Å²) in [4.78, 5) is 44.0. The van der Waals surface area contributed by atoms with Crippen LogP contribution in [0.4, 0.5) is 16.2 Å². The molecule has 1 unspecified atom stereocenters.